The molecule has 148 valence electrons. The molecule has 1 N–H and O–H groups in total. The second-order valence-electron chi connectivity index (χ2n) is 9.95. The van der Waals surface area contributed by atoms with Crippen LogP contribution in [0.3, 0.4) is 0 Å². The van der Waals surface area contributed by atoms with Crippen molar-refractivity contribution in [1.29, 1.82) is 0 Å². The van der Waals surface area contributed by atoms with Crippen LogP contribution in [0.1, 0.15) is 58.1 Å². The van der Waals surface area contributed by atoms with Crippen molar-refractivity contribution in [1.82, 2.24) is 4.90 Å². The SMILES string of the molecule is C=C(C)[C@H]1CN2[C@@H](O[C@@H]3C[C@H](C)CC[C@@H]3C2(C)C)[C@]1(O)c1ccc(C)cc1. The van der Waals surface area contributed by atoms with Crippen LogP contribution in [-0.4, -0.2) is 34.4 Å². The van der Waals surface area contributed by atoms with Gasteiger partial charge in [0.15, 0.2) is 0 Å². The fourth-order valence-corrected chi connectivity index (χ4v) is 5.92. The minimum Gasteiger partial charge on any atom is -0.380 e. The van der Waals surface area contributed by atoms with E-state index < -0.39 is 5.60 Å². The number of ether oxygens (including phenoxy) is 1. The third-order valence-electron chi connectivity index (χ3n) is 7.68. The molecule has 0 unspecified atom stereocenters. The predicted molar refractivity (Wildman–Crippen MR) is 109 cm³/mol. The van der Waals surface area contributed by atoms with Gasteiger partial charge in [0.1, 0.15) is 11.8 Å². The molecule has 0 amide bonds. The van der Waals surface area contributed by atoms with Gasteiger partial charge in [-0.05, 0) is 52.0 Å². The van der Waals surface area contributed by atoms with Gasteiger partial charge >= 0.3 is 0 Å². The van der Waals surface area contributed by atoms with Crippen molar-refractivity contribution in [2.45, 2.75) is 77.4 Å². The Balaban J connectivity index is 1.79. The second-order valence-corrected chi connectivity index (χ2v) is 9.95. The van der Waals surface area contributed by atoms with Gasteiger partial charge in [0.2, 0.25) is 0 Å². The molecule has 3 heteroatoms. The first kappa shape index (κ1) is 19.2. The summed E-state index contributed by atoms with van der Waals surface area (Å²) in [6.07, 6.45) is 3.50. The van der Waals surface area contributed by atoms with Crippen molar-refractivity contribution >= 4 is 0 Å². The Bertz CT molecular complexity index is 724. The van der Waals surface area contributed by atoms with Crippen molar-refractivity contribution in [3.05, 3.63) is 47.5 Å². The van der Waals surface area contributed by atoms with Gasteiger partial charge in [-0.2, -0.15) is 0 Å². The number of aryl methyl sites for hydroxylation is 1. The number of fused-ring (bicyclic) bond motifs is 2. The Morgan fingerprint density at radius 3 is 2.52 bits per heavy atom. The smallest absolute Gasteiger partial charge is 0.145 e. The number of hydrogen-bond acceptors (Lipinski definition) is 3. The molecule has 0 aromatic heterocycles. The zero-order valence-corrected chi connectivity index (χ0v) is 17.5. The van der Waals surface area contributed by atoms with E-state index in [1.165, 1.54) is 18.4 Å². The van der Waals surface area contributed by atoms with Crippen LogP contribution in [0.2, 0.25) is 0 Å². The van der Waals surface area contributed by atoms with Gasteiger partial charge in [-0.25, -0.2) is 0 Å². The average Bonchev–Trinajstić information content (AvgIpc) is 2.90. The fourth-order valence-electron chi connectivity index (χ4n) is 5.92. The summed E-state index contributed by atoms with van der Waals surface area (Å²) in [7, 11) is 0. The normalized spacial score (nSPS) is 41.0. The van der Waals surface area contributed by atoms with Crippen molar-refractivity contribution in [3.8, 4) is 0 Å². The summed E-state index contributed by atoms with van der Waals surface area (Å²) < 4.78 is 6.74. The minimum absolute atomic E-state index is 0.0105. The Labute approximate surface area is 164 Å². The predicted octanol–water partition coefficient (Wildman–Crippen LogP) is 4.63. The largest absolute Gasteiger partial charge is 0.380 e. The van der Waals surface area contributed by atoms with E-state index in [0.29, 0.717) is 11.8 Å². The van der Waals surface area contributed by atoms with Crippen molar-refractivity contribution in [3.63, 3.8) is 0 Å². The summed E-state index contributed by atoms with van der Waals surface area (Å²) in [6.45, 7) is 16.2. The van der Waals surface area contributed by atoms with Gasteiger partial charge < -0.3 is 9.84 Å². The highest BCUT2D eigenvalue weighted by Crippen LogP contribution is 2.55. The molecule has 0 radical (unpaired) electrons. The van der Waals surface area contributed by atoms with Crippen molar-refractivity contribution < 1.29 is 9.84 Å². The lowest BCUT2D eigenvalue weighted by atomic mass is 9.69. The van der Waals surface area contributed by atoms with Crippen molar-refractivity contribution in [2.24, 2.45) is 17.8 Å². The number of benzene rings is 1. The zero-order valence-electron chi connectivity index (χ0n) is 17.5. The summed E-state index contributed by atoms with van der Waals surface area (Å²) in [4.78, 5) is 2.43. The van der Waals surface area contributed by atoms with Crippen LogP contribution >= 0.6 is 0 Å². The second kappa shape index (κ2) is 6.43. The Morgan fingerprint density at radius 2 is 1.89 bits per heavy atom. The maximum absolute atomic E-state index is 12.1. The molecule has 3 aliphatic rings. The standard InChI is InChI=1S/C24H35NO2/c1-15(2)20-14-25-22(24(20,26)18-10-7-16(3)8-11-18)27-21-13-17(4)9-12-19(21)23(25,5)6/h7-8,10-11,17,19-22,26H,1,9,12-14H2,2-6H3/t17-,19+,20-,21-,22+,24+/m1/s1. The van der Waals surface area contributed by atoms with Crippen LogP contribution in [0.25, 0.3) is 0 Å². The number of hydrogen-bond donors (Lipinski definition) is 1. The molecular weight excluding hydrogens is 334 g/mol. The van der Waals surface area contributed by atoms with E-state index in [1.54, 1.807) is 0 Å². The molecule has 3 nitrogen and oxygen atoms in total. The van der Waals surface area contributed by atoms with Crippen LogP contribution < -0.4 is 0 Å². The topological polar surface area (TPSA) is 32.7 Å². The van der Waals surface area contributed by atoms with Gasteiger partial charge in [-0.1, -0.05) is 55.3 Å². The number of nitrogens with zero attached hydrogens (tertiary/aromatic N) is 1. The van der Waals surface area contributed by atoms with Crippen LogP contribution in [-0.2, 0) is 10.3 Å². The Morgan fingerprint density at radius 1 is 1.22 bits per heavy atom. The Hall–Kier alpha value is -1.16. The van der Waals surface area contributed by atoms with E-state index >= 15 is 0 Å². The van der Waals surface area contributed by atoms with E-state index in [4.69, 9.17) is 4.74 Å². The first-order valence-electron chi connectivity index (χ1n) is 10.5. The quantitative estimate of drug-likeness (QED) is 0.772. The van der Waals surface area contributed by atoms with Gasteiger partial charge in [0.05, 0.1) is 6.10 Å². The molecule has 1 aromatic rings. The molecule has 6 atom stereocenters. The zero-order chi connectivity index (χ0) is 19.6. The van der Waals surface area contributed by atoms with E-state index in [9.17, 15) is 5.11 Å². The van der Waals surface area contributed by atoms with E-state index in [2.05, 4.69) is 63.4 Å². The van der Waals surface area contributed by atoms with Crippen LogP contribution in [0.4, 0.5) is 0 Å². The third-order valence-corrected chi connectivity index (χ3v) is 7.68. The third kappa shape index (κ3) is 2.82. The van der Waals surface area contributed by atoms with Gasteiger partial charge in [-0.3, -0.25) is 4.90 Å². The molecule has 1 aliphatic carbocycles. The molecule has 2 saturated heterocycles. The maximum Gasteiger partial charge on any atom is 0.145 e. The summed E-state index contributed by atoms with van der Waals surface area (Å²) in [5.41, 5.74) is 2.14. The summed E-state index contributed by atoms with van der Waals surface area (Å²) >= 11 is 0. The monoisotopic (exact) mass is 369 g/mol. The highest BCUT2D eigenvalue weighted by atomic mass is 16.5. The molecule has 1 saturated carbocycles. The molecule has 4 rings (SSSR count). The number of rotatable bonds is 2. The summed E-state index contributed by atoms with van der Waals surface area (Å²) in [6, 6.07) is 8.32. The molecule has 2 heterocycles. The van der Waals surface area contributed by atoms with Crippen molar-refractivity contribution in [2.75, 3.05) is 6.54 Å². The average molecular weight is 370 g/mol. The van der Waals surface area contributed by atoms with Gasteiger partial charge in [0.25, 0.3) is 0 Å². The molecule has 3 fully saturated rings. The van der Waals surface area contributed by atoms with E-state index in [0.717, 1.165) is 24.1 Å². The molecular formula is C24H35NO2. The number of aliphatic hydroxyl groups is 1. The molecule has 0 bridgehead atoms. The Kier molecular flexibility index (Phi) is 4.57. The lowest BCUT2D eigenvalue weighted by Gasteiger charge is -2.56. The summed E-state index contributed by atoms with van der Waals surface area (Å²) in [5, 5.41) is 12.1. The summed E-state index contributed by atoms with van der Waals surface area (Å²) in [5.74, 6) is 1.19. The van der Waals surface area contributed by atoms with Gasteiger partial charge in [0, 0.05) is 23.9 Å². The van der Waals surface area contributed by atoms with Crippen LogP contribution in [0.15, 0.2) is 36.4 Å². The van der Waals surface area contributed by atoms with Gasteiger partial charge in [-0.15, -0.1) is 0 Å². The molecule has 0 spiro atoms. The first-order chi connectivity index (χ1) is 12.7. The van der Waals surface area contributed by atoms with Crippen LogP contribution in [0, 0.1) is 24.7 Å². The highest BCUT2D eigenvalue weighted by Gasteiger charge is 2.63. The fraction of sp³-hybridized carbons (Fsp3) is 0.667. The highest BCUT2D eigenvalue weighted by molar-refractivity contribution is 5.33. The van der Waals surface area contributed by atoms with E-state index in [1.807, 2.05) is 6.92 Å². The molecule has 2 aliphatic heterocycles. The minimum atomic E-state index is -1.05. The lowest BCUT2D eigenvalue weighted by molar-refractivity contribution is -0.263. The van der Waals surface area contributed by atoms with E-state index in [-0.39, 0.29) is 23.8 Å². The maximum atomic E-state index is 12.1. The van der Waals surface area contributed by atoms with Crippen LogP contribution in [0.5, 0.6) is 0 Å². The lowest BCUT2D eigenvalue weighted by Crippen LogP contribution is -2.65. The molecule has 27 heavy (non-hydrogen) atoms. The first-order valence-corrected chi connectivity index (χ1v) is 10.5. The molecule has 1 aromatic carbocycles.